The molecule has 0 aliphatic carbocycles. The molecule has 19 heavy (non-hydrogen) atoms. The first-order chi connectivity index (χ1) is 9.06. The highest BCUT2D eigenvalue weighted by Crippen LogP contribution is 2.14. The predicted molar refractivity (Wildman–Crippen MR) is 68.9 cm³/mol. The normalized spacial score (nSPS) is 23.1. The van der Waals surface area contributed by atoms with E-state index in [1.165, 1.54) is 6.07 Å². The summed E-state index contributed by atoms with van der Waals surface area (Å²) in [7, 11) is 0. The smallest absolute Gasteiger partial charge is 0.254 e. The molecule has 1 heterocycles. The van der Waals surface area contributed by atoms with Crippen LogP contribution in [0, 0.1) is 17.6 Å². The Balaban J connectivity index is 1.87. The van der Waals surface area contributed by atoms with Crippen molar-refractivity contribution in [1.82, 2.24) is 10.6 Å². The number of nitrogens with one attached hydrogen (secondary N) is 2. The summed E-state index contributed by atoms with van der Waals surface area (Å²) in [5.41, 5.74) is -0.112. The summed E-state index contributed by atoms with van der Waals surface area (Å²) < 4.78 is 26.1. The third-order valence-electron chi connectivity index (χ3n) is 3.49. The average molecular weight is 268 g/mol. The molecular formula is C14H18F2N2O. The standard InChI is InChI=1S/C14H18F2N2O/c1-9-2-3-10(7-17-9)8-18-14(19)12-5-4-11(15)6-13(12)16/h4-6,9-10,17H,2-3,7-8H2,1H3,(H,18,19). The number of benzene rings is 1. The van der Waals surface area contributed by atoms with Gasteiger partial charge in [0.2, 0.25) is 0 Å². The number of carbonyl (C=O) groups is 1. The maximum absolute atomic E-state index is 13.4. The molecule has 3 nitrogen and oxygen atoms in total. The van der Waals surface area contributed by atoms with Crippen molar-refractivity contribution in [3.05, 3.63) is 35.4 Å². The van der Waals surface area contributed by atoms with Gasteiger partial charge in [-0.15, -0.1) is 0 Å². The summed E-state index contributed by atoms with van der Waals surface area (Å²) in [4.78, 5) is 11.8. The third-order valence-corrected chi connectivity index (χ3v) is 3.49. The molecule has 5 heteroatoms. The van der Waals surface area contributed by atoms with Crippen LogP contribution in [0.1, 0.15) is 30.1 Å². The van der Waals surface area contributed by atoms with Gasteiger partial charge in [-0.25, -0.2) is 8.78 Å². The zero-order chi connectivity index (χ0) is 13.8. The Kier molecular flexibility index (Phi) is 4.47. The minimum absolute atomic E-state index is 0.112. The summed E-state index contributed by atoms with van der Waals surface area (Å²) >= 11 is 0. The zero-order valence-electron chi connectivity index (χ0n) is 10.9. The van der Waals surface area contributed by atoms with E-state index in [0.29, 0.717) is 18.5 Å². The van der Waals surface area contributed by atoms with Gasteiger partial charge in [0.1, 0.15) is 11.6 Å². The van der Waals surface area contributed by atoms with Gasteiger partial charge < -0.3 is 10.6 Å². The number of rotatable bonds is 3. The third kappa shape index (κ3) is 3.73. The van der Waals surface area contributed by atoms with Crippen LogP contribution in [0.2, 0.25) is 0 Å². The number of hydrogen-bond donors (Lipinski definition) is 2. The highest BCUT2D eigenvalue weighted by molar-refractivity contribution is 5.94. The van der Waals surface area contributed by atoms with Crippen LogP contribution in [0.3, 0.4) is 0 Å². The van der Waals surface area contributed by atoms with E-state index >= 15 is 0 Å². The Morgan fingerprint density at radius 2 is 2.21 bits per heavy atom. The lowest BCUT2D eigenvalue weighted by atomic mass is 9.95. The van der Waals surface area contributed by atoms with Crippen LogP contribution in [0.15, 0.2) is 18.2 Å². The Morgan fingerprint density at radius 1 is 1.42 bits per heavy atom. The molecule has 0 bridgehead atoms. The maximum Gasteiger partial charge on any atom is 0.254 e. The van der Waals surface area contributed by atoms with Gasteiger partial charge in [-0.2, -0.15) is 0 Å². The molecule has 1 amide bonds. The first-order valence-electron chi connectivity index (χ1n) is 6.53. The monoisotopic (exact) mass is 268 g/mol. The molecule has 1 fully saturated rings. The van der Waals surface area contributed by atoms with Gasteiger partial charge in [-0.3, -0.25) is 4.79 Å². The van der Waals surface area contributed by atoms with Gasteiger partial charge in [-0.1, -0.05) is 0 Å². The Labute approximate surface area is 111 Å². The molecule has 1 aromatic carbocycles. The van der Waals surface area contributed by atoms with E-state index in [4.69, 9.17) is 0 Å². The molecule has 0 spiro atoms. The molecule has 0 saturated carbocycles. The SMILES string of the molecule is CC1CCC(CNC(=O)c2ccc(F)cc2F)CN1. The van der Waals surface area contributed by atoms with Crippen LogP contribution in [0.4, 0.5) is 8.78 Å². The molecule has 2 atom stereocenters. The topological polar surface area (TPSA) is 41.1 Å². The van der Waals surface area contributed by atoms with Crippen molar-refractivity contribution in [3.63, 3.8) is 0 Å². The van der Waals surface area contributed by atoms with Crippen molar-refractivity contribution in [3.8, 4) is 0 Å². The lowest BCUT2D eigenvalue weighted by Gasteiger charge is -2.27. The molecule has 104 valence electrons. The summed E-state index contributed by atoms with van der Waals surface area (Å²) in [5.74, 6) is -1.63. The fourth-order valence-electron chi connectivity index (χ4n) is 2.24. The molecule has 0 radical (unpaired) electrons. The summed E-state index contributed by atoms with van der Waals surface area (Å²) in [5, 5.41) is 6.04. The van der Waals surface area contributed by atoms with Gasteiger partial charge >= 0.3 is 0 Å². The predicted octanol–water partition coefficient (Wildman–Crippen LogP) is 2.08. The van der Waals surface area contributed by atoms with E-state index in [1.807, 2.05) is 0 Å². The van der Waals surface area contributed by atoms with Gasteiger partial charge in [0.05, 0.1) is 5.56 Å². The first kappa shape index (κ1) is 13.9. The maximum atomic E-state index is 13.4. The molecule has 0 aromatic heterocycles. The van der Waals surface area contributed by atoms with Gasteiger partial charge in [0, 0.05) is 18.7 Å². The van der Waals surface area contributed by atoms with Crippen LogP contribution in [0.5, 0.6) is 0 Å². The minimum Gasteiger partial charge on any atom is -0.352 e. The van der Waals surface area contributed by atoms with Crippen LogP contribution in [-0.4, -0.2) is 25.0 Å². The highest BCUT2D eigenvalue weighted by atomic mass is 19.1. The second-order valence-corrected chi connectivity index (χ2v) is 5.09. The minimum atomic E-state index is -0.826. The van der Waals surface area contributed by atoms with E-state index in [9.17, 15) is 13.6 Å². The molecule has 1 aliphatic heterocycles. The molecule has 1 aliphatic rings. The van der Waals surface area contributed by atoms with Crippen molar-refractivity contribution >= 4 is 5.91 Å². The highest BCUT2D eigenvalue weighted by Gasteiger charge is 2.19. The van der Waals surface area contributed by atoms with E-state index in [2.05, 4.69) is 17.6 Å². The molecule has 2 unspecified atom stereocenters. The zero-order valence-corrected chi connectivity index (χ0v) is 10.9. The summed E-state index contributed by atoms with van der Waals surface area (Å²) in [6.07, 6.45) is 2.12. The Morgan fingerprint density at radius 3 is 2.84 bits per heavy atom. The number of hydrogen-bond acceptors (Lipinski definition) is 2. The first-order valence-corrected chi connectivity index (χ1v) is 6.53. The van der Waals surface area contributed by atoms with Crippen molar-refractivity contribution in [1.29, 1.82) is 0 Å². The van der Waals surface area contributed by atoms with Crippen molar-refractivity contribution < 1.29 is 13.6 Å². The Hall–Kier alpha value is -1.49. The summed E-state index contributed by atoms with van der Waals surface area (Å²) in [6, 6.07) is 3.49. The average Bonchev–Trinajstić information content (AvgIpc) is 2.37. The van der Waals surface area contributed by atoms with E-state index in [0.717, 1.165) is 31.5 Å². The van der Waals surface area contributed by atoms with E-state index in [-0.39, 0.29) is 5.56 Å². The molecule has 2 N–H and O–H groups in total. The van der Waals surface area contributed by atoms with Gasteiger partial charge in [0.15, 0.2) is 0 Å². The van der Waals surface area contributed by atoms with Crippen LogP contribution in [0.25, 0.3) is 0 Å². The number of halogens is 2. The lowest BCUT2D eigenvalue weighted by molar-refractivity contribution is 0.0939. The van der Waals surface area contributed by atoms with Crippen LogP contribution >= 0.6 is 0 Å². The van der Waals surface area contributed by atoms with Crippen LogP contribution < -0.4 is 10.6 Å². The molecule has 2 rings (SSSR count). The number of amides is 1. The molecule has 1 saturated heterocycles. The fourth-order valence-corrected chi connectivity index (χ4v) is 2.24. The van der Waals surface area contributed by atoms with Gasteiger partial charge in [-0.05, 0) is 44.4 Å². The summed E-state index contributed by atoms with van der Waals surface area (Å²) in [6.45, 7) is 3.49. The number of piperidine rings is 1. The van der Waals surface area contributed by atoms with E-state index < -0.39 is 17.5 Å². The fraction of sp³-hybridized carbons (Fsp3) is 0.500. The van der Waals surface area contributed by atoms with E-state index in [1.54, 1.807) is 0 Å². The van der Waals surface area contributed by atoms with Crippen molar-refractivity contribution in [2.45, 2.75) is 25.8 Å². The lowest BCUT2D eigenvalue weighted by Crippen LogP contribution is -2.42. The van der Waals surface area contributed by atoms with Crippen molar-refractivity contribution in [2.24, 2.45) is 5.92 Å². The largest absolute Gasteiger partial charge is 0.352 e. The van der Waals surface area contributed by atoms with Crippen molar-refractivity contribution in [2.75, 3.05) is 13.1 Å². The molecular weight excluding hydrogens is 250 g/mol. The second kappa shape index (κ2) is 6.10. The van der Waals surface area contributed by atoms with Crippen LogP contribution in [-0.2, 0) is 0 Å². The Bertz CT molecular complexity index is 457. The molecule has 1 aromatic rings. The second-order valence-electron chi connectivity index (χ2n) is 5.09. The number of carbonyl (C=O) groups excluding carboxylic acids is 1. The van der Waals surface area contributed by atoms with Gasteiger partial charge in [0.25, 0.3) is 5.91 Å². The quantitative estimate of drug-likeness (QED) is 0.881.